The molecule has 4 rings (SSSR count). The molecule has 0 fully saturated rings. The van der Waals surface area contributed by atoms with Gasteiger partial charge in [0, 0.05) is 19.2 Å². The molecule has 1 heterocycles. The van der Waals surface area contributed by atoms with Crippen LogP contribution in [0.5, 0.6) is 0 Å². The summed E-state index contributed by atoms with van der Waals surface area (Å²) >= 11 is 0. The molecule has 3 N–H and O–H groups in total. The van der Waals surface area contributed by atoms with Gasteiger partial charge in [-0.25, -0.2) is 4.98 Å². The molecule has 0 bridgehead atoms. The number of nitrogens with two attached hydrogens (primary N) is 1. The summed E-state index contributed by atoms with van der Waals surface area (Å²) in [6, 6.07) is 29.9. The van der Waals surface area contributed by atoms with Gasteiger partial charge in [0.2, 0.25) is 5.91 Å². The van der Waals surface area contributed by atoms with Gasteiger partial charge in [0.1, 0.15) is 5.54 Å². The zero-order chi connectivity index (χ0) is 26.1. The fourth-order valence-corrected chi connectivity index (χ4v) is 4.51. The van der Waals surface area contributed by atoms with Crippen LogP contribution in [-0.4, -0.2) is 39.7 Å². The lowest BCUT2D eigenvalue weighted by atomic mass is 9.77. The van der Waals surface area contributed by atoms with Gasteiger partial charge in [-0.3, -0.25) is 4.79 Å². The van der Waals surface area contributed by atoms with Gasteiger partial charge in [0.05, 0.1) is 24.7 Å². The molecular formula is C28H29N5O4. The Morgan fingerprint density at radius 1 is 0.973 bits per heavy atom. The average Bonchev–Trinajstić information content (AvgIpc) is 3.39. The lowest BCUT2D eigenvalue weighted by Gasteiger charge is -2.37. The number of carbonyl (C=O) groups excluding carboxylic acids is 1. The van der Waals surface area contributed by atoms with Crippen molar-refractivity contribution in [3.63, 3.8) is 0 Å². The zero-order valence-corrected chi connectivity index (χ0v) is 20.3. The Bertz CT molecular complexity index is 1200. The molecule has 1 amide bonds. The van der Waals surface area contributed by atoms with Crippen LogP contribution in [0.15, 0.2) is 104 Å². The number of imidazole rings is 1. The van der Waals surface area contributed by atoms with E-state index in [-0.39, 0.29) is 25.5 Å². The van der Waals surface area contributed by atoms with Crippen molar-refractivity contribution in [1.82, 2.24) is 14.9 Å². The van der Waals surface area contributed by atoms with Gasteiger partial charge in [-0.2, -0.15) is 0 Å². The molecule has 37 heavy (non-hydrogen) atoms. The van der Waals surface area contributed by atoms with Crippen molar-refractivity contribution in [3.05, 3.63) is 136 Å². The predicted octanol–water partition coefficient (Wildman–Crippen LogP) is 3.31. The quantitative estimate of drug-likeness (QED) is 0.133. The van der Waals surface area contributed by atoms with Crippen LogP contribution in [0.1, 0.15) is 28.8 Å². The number of benzene rings is 3. The largest absolute Gasteiger partial charge is 0.355 e. The van der Waals surface area contributed by atoms with Gasteiger partial charge in [-0.1, -0.05) is 91.0 Å². The van der Waals surface area contributed by atoms with Crippen molar-refractivity contribution in [1.29, 1.82) is 0 Å². The molecule has 9 heteroatoms. The summed E-state index contributed by atoms with van der Waals surface area (Å²) in [7, 11) is 0. The summed E-state index contributed by atoms with van der Waals surface area (Å²) in [6.45, 7) is 0.140. The minimum absolute atomic E-state index is 0.0898. The molecule has 0 unspecified atom stereocenters. The van der Waals surface area contributed by atoms with E-state index >= 15 is 0 Å². The third-order valence-corrected chi connectivity index (χ3v) is 6.18. The molecule has 0 saturated heterocycles. The lowest BCUT2D eigenvalue weighted by Crippen LogP contribution is -2.42. The Labute approximate surface area is 215 Å². The first-order valence-corrected chi connectivity index (χ1v) is 12.0. The maximum Gasteiger partial charge on any atom is 0.294 e. The monoisotopic (exact) mass is 499 g/mol. The van der Waals surface area contributed by atoms with Crippen molar-refractivity contribution in [2.24, 2.45) is 5.73 Å². The summed E-state index contributed by atoms with van der Waals surface area (Å²) in [5, 5.41) is 12.1. The Hall–Kier alpha value is -4.50. The number of nitrogens with one attached hydrogen (secondary N) is 1. The van der Waals surface area contributed by atoms with Crippen molar-refractivity contribution < 1.29 is 14.7 Å². The molecule has 3 aromatic carbocycles. The normalized spacial score (nSPS) is 12.0. The van der Waals surface area contributed by atoms with Crippen LogP contribution in [0.4, 0.5) is 0 Å². The second-order valence-corrected chi connectivity index (χ2v) is 8.59. The fraction of sp³-hybridized carbons (Fsp3) is 0.214. The highest BCUT2D eigenvalue weighted by molar-refractivity contribution is 5.81. The number of hydrogen-bond donors (Lipinski definition) is 2. The second-order valence-electron chi connectivity index (χ2n) is 8.59. The van der Waals surface area contributed by atoms with E-state index in [4.69, 9.17) is 5.73 Å². The van der Waals surface area contributed by atoms with Crippen LogP contribution in [0, 0.1) is 10.1 Å². The van der Waals surface area contributed by atoms with Gasteiger partial charge in [0.15, 0.2) is 0 Å². The minimum atomic E-state index is -0.857. The third-order valence-electron chi connectivity index (χ3n) is 6.18. The molecule has 0 aliphatic heterocycles. The van der Waals surface area contributed by atoms with Crippen molar-refractivity contribution in [3.8, 4) is 0 Å². The molecule has 1 aromatic heterocycles. The molecule has 0 saturated carbocycles. The molecular weight excluding hydrogens is 470 g/mol. The zero-order valence-electron chi connectivity index (χ0n) is 20.3. The molecule has 190 valence electrons. The summed E-state index contributed by atoms with van der Waals surface area (Å²) < 4.78 is 2.07. The van der Waals surface area contributed by atoms with Crippen LogP contribution < -0.4 is 11.1 Å². The Morgan fingerprint density at radius 2 is 1.49 bits per heavy atom. The SMILES string of the molecule is N[C@@H](Cc1cn(C(c2ccccc2)(c2ccccc2)c2ccccc2)cn1)C(=O)NCCCO[N+](=O)[O-]. The van der Waals surface area contributed by atoms with E-state index < -0.39 is 16.7 Å². The molecule has 0 spiro atoms. The van der Waals surface area contributed by atoms with Crippen LogP contribution >= 0.6 is 0 Å². The summed E-state index contributed by atoms with van der Waals surface area (Å²) in [6.07, 6.45) is 4.26. The standard InChI is InChI=1S/C28H29N5O4/c29-26(27(34)30-17-10-18-37-33(35)36)19-25-20-32(21-31-25)28(22-11-4-1-5-12-22,23-13-6-2-7-14-23)24-15-8-3-9-16-24/h1-9,11-16,20-21,26H,10,17-19,29H2,(H,30,34)/t26-/m0/s1. The lowest BCUT2D eigenvalue weighted by molar-refractivity contribution is -0.757. The number of carbonyl (C=O) groups is 1. The van der Waals surface area contributed by atoms with E-state index in [1.165, 1.54) is 0 Å². The van der Waals surface area contributed by atoms with Crippen LogP contribution in [0.3, 0.4) is 0 Å². The topological polar surface area (TPSA) is 125 Å². The first-order valence-electron chi connectivity index (χ1n) is 12.0. The first-order chi connectivity index (χ1) is 18.0. The van der Waals surface area contributed by atoms with E-state index in [0.29, 0.717) is 12.1 Å². The van der Waals surface area contributed by atoms with Gasteiger partial charge < -0.3 is 20.5 Å². The maximum atomic E-state index is 12.5. The van der Waals surface area contributed by atoms with E-state index in [1.807, 2.05) is 60.8 Å². The van der Waals surface area contributed by atoms with E-state index in [0.717, 1.165) is 16.7 Å². The molecule has 9 nitrogen and oxygen atoms in total. The Kier molecular flexibility index (Phi) is 8.27. The second kappa shape index (κ2) is 12.0. The molecule has 1 atom stereocenters. The van der Waals surface area contributed by atoms with Crippen LogP contribution in [0.2, 0.25) is 0 Å². The smallest absolute Gasteiger partial charge is 0.294 e. The van der Waals surface area contributed by atoms with E-state index in [2.05, 4.69) is 56.1 Å². The molecule has 0 aliphatic carbocycles. The first kappa shape index (κ1) is 25.6. The van der Waals surface area contributed by atoms with Crippen molar-refractivity contribution in [2.75, 3.05) is 13.2 Å². The average molecular weight is 500 g/mol. The van der Waals surface area contributed by atoms with E-state index in [9.17, 15) is 14.9 Å². The van der Waals surface area contributed by atoms with Crippen molar-refractivity contribution >= 4 is 5.91 Å². The van der Waals surface area contributed by atoms with E-state index in [1.54, 1.807) is 6.33 Å². The summed E-state index contributed by atoms with van der Waals surface area (Å²) in [5.41, 5.74) is 9.34. The van der Waals surface area contributed by atoms with Crippen LogP contribution in [-0.2, 0) is 21.6 Å². The number of nitrogens with zero attached hydrogens (tertiary/aromatic N) is 3. The highest BCUT2D eigenvalue weighted by atomic mass is 16.9. The van der Waals surface area contributed by atoms with Gasteiger partial charge in [0.25, 0.3) is 5.09 Å². The predicted molar refractivity (Wildman–Crippen MR) is 139 cm³/mol. The highest BCUT2D eigenvalue weighted by Crippen LogP contribution is 2.40. The third kappa shape index (κ3) is 5.84. The number of rotatable bonds is 12. The van der Waals surface area contributed by atoms with Crippen LogP contribution in [0.25, 0.3) is 0 Å². The number of amides is 1. The Balaban J connectivity index is 1.63. The molecule has 4 aromatic rings. The van der Waals surface area contributed by atoms with Crippen molar-refractivity contribution in [2.45, 2.75) is 24.4 Å². The van der Waals surface area contributed by atoms with Gasteiger partial charge >= 0.3 is 0 Å². The number of aromatic nitrogens is 2. The van der Waals surface area contributed by atoms with Gasteiger partial charge in [-0.05, 0) is 23.1 Å². The maximum absolute atomic E-state index is 12.5. The minimum Gasteiger partial charge on any atom is -0.355 e. The summed E-state index contributed by atoms with van der Waals surface area (Å²) in [5.74, 6) is -0.351. The molecule has 0 radical (unpaired) electrons. The Morgan fingerprint density at radius 3 is 1.97 bits per heavy atom. The van der Waals surface area contributed by atoms with Gasteiger partial charge in [-0.15, -0.1) is 10.1 Å². The molecule has 0 aliphatic rings. The summed E-state index contributed by atoms with van der Waals surface area (Å²) in [4.78, 5) is 31.6. The highest BCUT2D eigenvalue weighted by Gasteiger charge is 2.38. The fourth-order valence-electron chi connectivity index (χ4n) is 4.51. The number of hydrogen-bond acceptors (Lipinski definition) is 6.